The minimum absolute atomic E-state index is 0.102. The highest BCUT2D eigenvalue weighted by Crippen LogP contribution is 2.38. The van der Waals surface area contributed by atoms with Crippen LogP contribution in [0.2, 0.25) is 0 Å². The van der Waals surface area contributed by atoms with Crippen molar-refractivity contribution in [3.05, 3.63) is 113 Å². The Hall–Kier alpha value is -3.88. The van der Waals surface area contributed by atoms with Crippen LogP contribution in [-0.4, -0.2) is 0 Å². The Bertz CT molecular complexity index is 1400. The third-order valence-electron chi connectivity index (χ3n) is 5.64. The number of hydrogen-bond donors (Lipinski definition) is 0. The number of benzene rings is 4. The van der Waals surface area contributed by atoms with E-state index in [4.69, 9.17) is 0 Å². The second kappa shape index (κ2) is 10.2. The molecule has 4 aromatic carbocycles. The smallest absolute Gasteiger partial charge is 0.429 e. The first-order valence-electron chi connectivity index (χ1n) is 11.1. The summed E-state index contributed by atoms with van der Waals surface area (Å²) in [5.41, 5.74) is -0.155. The zero-order valence-electron chi connectivity index (χ0n) is 19.2. The molecule has 0 bridgehead atoms. The first kappa shape index (κ1) is 26.2. The molecule has 0 unspecified atom stereocenters. The van der Waals surface area contributed by atoms with E-state index in [1.54, 1.807) is 0 Å². The average molecular weight is 522 g/mol. The van der Waals surface area contributed by atoms with E-state index in [-0.39, 0.29) is 23.3 Å². The van der Waals surface area contributed by atoms with E-state index in [0.717, 1.165) is 24.5 Å². The molecular weight excluding hydrogens is 504 g/mol. The summed E-state index contributed by atoms with van der Waals surface area (Å²) in [6, 6.07) is 12.6. The number of rotatable bonds is 7. The normalized spacial score (nSPS) is 11.6. The fraction of sp³-hybridized carbons (Fsp3) is 0.143. The van der Waals surface area contributed by atoms with Crippen molar-refractivity contribution in [2.75, 3.05) is 0 Å². The molecule has 4 aromatic rings. The molecule has 0 radical (unpaired) electrons. The van der Waals surface area contributed by atoms with Crippen LogP contribution in [0.25, 0.3) is 22.3 Å². The molecule has 0 aromatic heterocycles. The Labute approximate surface area is 207 Å². The highest BCUT2D eigenvalue weighted by molar-refractivity contribution is 5.71. The molecule has 0 saturated carbocycles. The number of aryl methyl sites for hydroxylation is 1. The molecule has 9 heteroatoms. The highest BCUT2D eigenvalue weighted by Gasteiger charge is 2.41. The third-order valence-corrected chi connectivity index (χ3v) is 5.64. The van der Waals surface area contributed by atoms with E-state index < -0.39 is 52.3 Å². The predicted molar refractivity (Wildman–Crippen MR) is 122 cm³/mol. The molecule has 0 heterocycles. The van der Waals surface area contributed by atoms with Crippen molar-refractivity contribution in [1.29, 1.82) is 0 Å². The molecule has 0 aliphatic heterocycles. The molecule has 0 aliphatic rings. The molecule has 1 nitrogen and oxygen atoms in total. The van der Waals surface area contributed by atoms with Crippen molar-refractivity contribution in [2.24, 2.45) is 0 Å². The maximum absolute atomic E-state index is 14.9. The van der Waals surface area contributed by atoms with Gasteiger partial charge in [0.2, 0.25) is 0 Å². The molecule has 0 aliphatic carbocycles. The van der Waals surface area contributed by atoms with Gasteiger partial charge in [0.1, 0.15) is 28.8 Å². The van der Waals surface area contributed by atoms with Crippen LogP contribution >= 0.6 is 0 Å². The maximum Gasteiger partial charge on any atom is 0.432 e. The van der Waals surface area contributed by atoms with Gasteiger partial charge in [-0.1, -0.05) is 49.7 Å². The number of hydrogen-bond acceptors (Lipinski definition) is 1. The summed E-state index contributed by atoms with van der Waals surface area (Å²) in [6.07, 6.45) is -2.88. The lowest BCUT2D eigenvalue weighted by molar-refractivity contribution is -0.189. The minimum atomic E-state index is -4.74. The van der Waals surface area contributed by atoms with Crippen LogP contribution in [0.3, 0.4) is 0 Å². The zero-order chi connectivity index (χ0) is 26.9. The molecule has 0 amide bonds. The second-order valence-electron chi connectivity index (χ2n) is 8.28. The topological polar surface area (TPSA) is 9.23 Å². The lowest BCUT2D eigenvalue weighted by Gasteiger charge is -2.20. The van der Waals surface area contributed by atoms with Crippen molar-refractivity contribution in [3.8, 4) is 28.0 Å². The van der Waals surface area contributed by atoms with Crippen molar-refractivity contribution in [3.63, 3.8) is 0 Å². The van der Waals surface area contributed by atoms with E-state index >= 15 is 0 Å². The predicted octanol–water partition coefficient (Wildman–Crippen LogP) is 8.94. The number of alkyl halides is 2. The van der Waals surface area contributed by atoms with Crippen LogP contribution in [0, 0.1) is 34.9 Å². The average Bonchev–Trinajstić information content (AvgIpc) is 2.82. The Kier molecular flexibility index (Phi) is 7.25. The Balaban J connectivity index is 1.64. The molecule has 0 fully saturated rings. The van der Waals surface area contributed by atoms with Gasteiger partial charge in [-0.2, -0.15) is 8.78 Å². The van der Waals surface area contributed by atoms with Crippen molar-refractivity contribution in [2.45, 2.75) is 25.9 Å². The van der Waals surface area contributed by atoms with Crippen LogP contribution in [0.4, 0.5) is 35.1 Å². The standard InChI is InChI=1S/C28H18F8O/c1-2-3-15-4-6-16(7-5-15)17-8-9-20(21(29)10-17)18-11-22(30)26(23(31)12-18)28(35,36)37-19-13-24(32)27(34)25(33)14-19/h4-14H,2-3H2,1H3. The summed E-state index contributed by atoms with van der Waals surface area (Å²) in [4.78, 5) is 0. The first-order valence-corrected chi connectivity index (χ1v) is 11.1. The van der Waals surface area contributed by atoms with Gasteiger partial charge in [0.25, 0.3) is 0 Å². The molecule has 0 N–H and O–H groups in total. The first-order chi connectivity index (χ1) is 17.5. The lowest BCUT2D eigenvalue weighted by Crippen LogP contribution is -2.25. The summed E-state index contributed by atoms with van der Waals surface area (Å²) in [5, 5.41) is 0. The van der Waals surface area contributed by atoms with Gasteiger partial charge in [-0.05, 0) is 46.9 Å². The van der Waals surface area contributed by atoms with E-state index in [0.29, 0.717) is 23.3 Å². The van der Waals surface area contributed by atoms with Gasteiger partial charge in [0.15, 0.2) is 17.5 Å². The van der Waals surface area contributed by atoms with Gasteiger partial charge in [0, 0.05) is 17.7 Å². The minimum Gasteiger partial charge on any atom is -0.429 e. The molecule has 0 saturated heterocycles. The Morgan fingerprint density at radius 2 is 1.16 bits per heavy atom. The summed E-state index contributed by atoms with van der Waals surface area (Å²) in [5.74, 6) is -11.2. The van der Waals surface area contributed by atoms with Crippen LogP contribution in [0.1, 0.15) is 24.5 Å². The van der Waals surface area contributed by atoms with Gasteiger partial charge in [-0.3, -0.25) is 0 Å². The van der Waals surface area contributed by atoms with E-state index in [2.05, 4.69) is 4.74 Å². The van der Waals surface area contributed by atoms with Gasteiger partial charge in [0.05, 0.1) is 0 Å². The van der Waals surface area contributed by atoms with Gasteiger partial charge in [-0.25, -0.2) is 26.3 Å². The van der Waals surface area contributed by atoms with Crippen molar-refractivity contribution in [1.82, 2.24) is 0 Å². The van der Waals surface area contributed by atoms with Crippen LogP contribution < -0.4 is 4.74 Å². The monoisotopic (exact) mass is 522 g/mol. The van der Waals surface area contributed by atoms with E-state index in [1.807, 2.05) is 31.2 Å². The maximum atomic E-state index is 14.9. The van der Waals surface area contributed by atoms with Gasteiger partial charge in [-0.15, -0.1) is 0 Å². The summed E-state index contributed by atoms with van der Waals surface area (Å²) in [7, 11) is 0. The summed E-state index contributed by atoms with van der Waals surface area (Å²) in [6.45, 7) is 2.04. The fourth-order valence-corrected chi connectivity index (χ4v) is 3.88. The van der Waals surface area contributed by atoms with E-state index in [1.165, 1.54) is 12.1 Å². The van der Waals surface area contributed by atoms with E-state index in [9.17, 15) is 35.1 Å². The number of halogens is 8. The molecular formula is C28H18F8O. The molecule has 4 rings (SSSR count). The van der Waals surface area contributed by atoms with Gasteiger partial charge < -0.3 is 4.74 Å². The summed E-state index contributed by atoms with van der Waals surface area (Å²) >= 11 is 0. The van der Waals surface area contributed by atoms with Crippen molar-refractivity contribution >= 4 is 0 Å². The SMILES string of the molecule is CCCc1ccc(-c2ccc(-c3cc(F)c(C(F)(F)Oc4cc(F)c(F)c(F)c4)c(F)c3)c(F)c2)cc1. The Morgan fingerprint density at radius 3 is 1.70 bits per heavy atom. The molecule has 192 valence electrons. The molecule has 37 heavy (non-hydrogen) atoms. The second-order valence-corrected chi connectivity index (χ2v) is 8.28. The molecule has 0 atom stereocenters. The molecule has 0 spiro atoms. The lowest BCUT2D eigenvalue weighted by atomic mass is 9.97. The third kappa shape index (κ3) is 5.45. The van der Waals surface area contributed by atoms with Crippen LogP contribution in [-0.2, 0) is 12.5 Å². The fourth-order valence-electron chi connectivity index (χ4n) is 3.88. The summed E-state index contributed by atoms with van der Waals surface area (Å²) < 4.78 is 117. The zero-order valence-corrected chi connectivity index (χ0v) is 19.2. The highest BCUT2D eigenvalue weighted by atomic mass is 19.3. The van der Waals surface area contributed by atoms with Gasteiger partial charge >= 0.3 is 6.11 Å². The Morgan fingerprint density at radius 1 is 0.622 bits per heavy atom. The largest absolute Gasteiger partial charge is 0.432 e. The quantitative estimate of drug-likeness (QED) is 0.174. The van der Waals surface area contributed by atoms with Crippen molar-refractivity contribution < 1.29 is 39.9 Å². The van der Waals surface area contributed by atoms with Crippen LogP contribution in [0.5, 0.6) is 5.75 Å². The number of ether oxygens (including phenoxy) is 1. The van der Waals surface area contributed by atoms with Crippen LogP contribution in [0.15, 0.2) is 66.7 Å².